The van der Waals surface area contributed by atoms with Crippen molar-refractivity contribution in [2.75, 3.05) is 0 Å². The number of hydrogen-bond donors (Lipinski definition) is 1. The molecule has 0 aliphatic carbocycles. The van der Waals surface area contributed by atoms with Gasteiger partial charge < -0.3 is 9.72 Å². The molecule has 13 heavy (non-hydrogen) atoms. The number of H-pyrrole nitrogens is 1. The predicted molar refractivity (Wildman–Crippen MR) is 43.9 cm³/mol. The summed E-state index contributed by atoms with van der Waals surface area (Å²) in [5.74, 6) is 0.558. The number of fused-ring (bicyclic) bond motifs is 3. The predicted octanol–water partition coefficient (Wildman–Crippen LogP) is 0.759. The zero-order valence-corrected chi connectivity index (χ0v) is 6.69. The Labute approximate surface area is 73.8 Å². The molecule has 5 heteroatoms. The van der Waals surface area contributed by atoms with E-state index in [1.807, 2.05) is 0 Å². The van der Waals surface area contributed by atoms with Crippen LogP contribution >= 0.6 is 0 Å². The van der Waals surface area contributed by atoms with Crippen molar-refractivity contribution in [2.24, 2.45) is 0 Å². The highest BCUT2D eigenvalue weighted by Crippen LogP contribution is 2.30. The fraction of sp³-hybridized carbons (Fsp3) is 0.125. The summed E-state index contributed by atoms with van der Waals surface area (Å²) in [5.41, 5.74) is 2.51. The van der Waals surface area contributed by atoms with E-state index < -0.39 is 0 Å². The van der Waals surface area contributed by atoms with E-state index in [4.69, 9.17) is 4.74 Å². The van der Waals surface area contributed by atoms with E-state index in [-0.39, 0.29) is 0 Å². The van der Waals surface area contributed by atoms with Crippen molar-refractivity contribution in [3.05, 3.63) is 24.4 Å². The second kappa shape index (κ2) is 2.29. The Hall–Kier alpha value is -1.91. The van der Waals surface area contributed by atoms with Crippen LogP contribution in [0.25, 0.3) is 11.4 Å². The van der Waals surface area contributed by atoms with E-state index in [9.17, 15) is 0 Å². The zero-order valence-electron chi connectivity index (χ0n) is 6.69. The molecule has 0 spiro atoms. The van der Waals surface area contributed by atoms with E-state index in [2.05, 4.69) is 19.9 Å². The third-order valence-corrected chi connectivity index (χ3v) is 1.96. The molecule has 0 saturated heterocycles. The second-order valence-corrected chi connectivity index (χ2v) is 2.73. The highest BCUT2D eigenvalue weighted by molar-refractivity contribution is 5.63. The number of nitrogens with zero attached hydrogens (tertiary/aromatic N) is 3. The molecule has 0 aromatic carbocycles. The Morgan fingerprint density at radius 1 is 1.15 bits per heavy atom. The molecule has 1 aliphatic heterocycles. The molecule has 64 valence electrons. The molecule has 0 atom stereocenters. The highest BCUT2D eigenvalue weighted by atomic mass is 16.5. The van der Waals surface area contributed by atoms with Gasteiger partial charge in [0, 0.05) is 12.4 Å². The van der Waals surface area contributed by atoms with Crippen molar-refractivity contribution >= 4 is 0 Å². The largest absolute Gasteiger partial charge is 0.470 e. The molecule has 0 amide bonds. The number of hydrogen-bond acceptors (Lipinski definition) is 4. The number of aromatic nitrogens is 4. The van der Waals surface area contributed by atoms with Crippen molar-refractivity contribution in [3.63, 3.8) is 0 Å². The van der Waals surface area contributed by atoms with Crippen LogP contribution in [0.2, 0.25) is 0 Å². The lowest BCUT2D eigenvalue weighted by molar-refractivity contribution is 0.284. The molecule has 0 fully saturated rings. The van der Waals surface area contributed by atoms with Crippen molar-refractivity contribution in [2.45, 2.75) is 6.61 Å². The Morgan fingerprint density at radius 2 is 2.08 bits per heavy atom. The highest BCUT2D eigenvalue weighted by Gasteiger charge is 2.21. The molecular weight excluding hydrogens is 168 g/mol. The molecule has 2 aromatic heterocycles. The minimum absolute atomic E-state index is 0.487. The van der Waals surface area contributed by atoms with Crippen LogP contribution in [0.5, 0.6) is 5.88 Å². The van der Waals surface area contributed by atoms with Gasteiger partial charge in [-0.25, -0.2) is 15.0 Å². The number of ether oxygens (including phenoxy) is 1. The van der Waals surface area contributed by atoms with E-state index in [0.717, 1.165) is 11.4 Å². The first-order valence-electron chi connectivity index (χ1n) is 3.91. The maximum Gasteiger partial charge on any atom is 0.242 e. The van der Waals surface area contributed by atoms with Gasteiger partial charge in [0.15, 0.2) is 5.69 Å². The van der Waals surface area contributed by atoms with Gasteiger partial charge in [-0.2, -0.15) is 0 Å². The topological polar surface area (TPSA) is 63.7 Å². The Balaban J connectivity index is 2.30. The lowest BCUT2D eigenvalue weighted by atomic mass is 10.2. The third-order valence-electron chi connectivity index (χ3n) is 1.96. The van der Waals surface area contributed by atoms with Crippen LogP contribution in [-0.2, 0) is 6.61 Å². The summed E-state index contributed by atoms with van der Waals surface area (Å²) in [4.78, 5) is 15.4. The molecule has 3 rings (SSSR count). The van der Waals surface area contributed by atoms with Crippen molar-refractivity contribution in [1.29, 1.82) is 0 Å². The first-order chi connectivity index (χ1) is 6.45. The summed E-state index contributed by atoms with van der Waals surface area (Å²) < 4.78 is 5.36. The van der Waals surface area contributed by atoms with Gasteiger partial charge in [-0.1, -0.05) is 0 Å². The Kier molecular flexibility index (Phi) is 1.16. The quantitative estimate of drug-likeness (QED) is 0.640. The van der Waals surface area contributed by atoms with Gasteiger partial charge in [0.25, 0.3) is 0 Å². The minimum atomic E-state index is 0.487. The van der Waals surface area contributed by atoms with Gasteiger partial charge in [0.05, 0.1) is 12.0 Å². The SMILES string of the molecule is c1cnc2c(n1)OCc1[nH]cnc1-2. The van der Waals surface area contributed by atoms with Crippen LogP contribution in [0.4, 0.5) is 0 Å². The summed E-state index contributed by atoms with van der Waals surface area (Å²) in [6, 6.07) is 0. The molecular formula is C8H6N4O. The molecule has 2 aromatic rings. The fourth-order valence-electron chi connectivity index (χ4n) is 1.37. The minimum Gasteiger partial charge on any atom is -0.470 e. The van der Waals surface area contributed by atoms with Gasteiger partial charge in [-0.05, 0) is 0 Å². The Morgan fingerprint density at radius 3 is 3.08 bits per heavy atom. The van der Waals surface area contributed by atoms with E-state index >= 15 is 0 Å². The van der Waals surface area contributed by atoms with Crippen molar-refractivity contribution in [3.8, 4) is 17.3 Å². The number of nitrogens with one attached hydrogen (secondary N) is 1. The number of imidazole rings is 1. The first-order valence-corrected chi connectivity index (χ1v) is 3.91. The zero-order chi connectivity index (χ0) is 8.67. The monoisotopic (exact) mass is 174 g/mol. The van der Waals surface area contributed by atoms with Crippen LogP contribution in [0.1, 0.15) is 5.69 Å². The Bertz CT molecular complexity index is 451. The maximum absolute atomic E-state index is 5.36. The van der Waals surface area contributed by atoms with Crippen LogP contribution in [0.15, 0.2) is 18.7 Å². The second-order valence-electron chi connectivity index (χ2n) is 2.73. The first kappa shape index (κ1) is 6.59. The lowest BCUT2D eigenvalue weighted by Gasteiger charge is -2.13. The molecule has 5 nitrogen and oxygen atoms in total. The summed E-state index contributed by atoms with van der Waals surface area (Å²) in [6.07, 6.45) is 4.88. The molecule has 0 bridgehead atoms. The van der Waals surface area contributed by atoms with Crippen LogP contribution < -0.4 is 4.74 Å². The van der Waals surface area contributed by atoms with E-state index in [1.165, 1.54) is 0 Å². The summed E-state index contributed by atoms with van der Waals surface area (Å²) >= 11 is 0. The fourth-order valence-corrected chi connectivity index (χ4v) is 1.37. The van der Waals surface area contributed by atoms with Crippen molar-refractivity contribution < 1.29 is 4.74 Å². The molecule has 0 radical (unpaired) electrons. The average molecular weight is 174 g/mol. The van der Waals surface area contributed by atoms with Gasteiger partial charge in [-0.3, -0.25) is 0 Å². The molecule has 3 heterocycles. The smallest absolute Gasteiger partial charge is 0.242 e. The van der Waals surface area contributed by atoms with E-state index in [1.54, 1.807) is 18.7 Å². The lowest BCUT2D eigenvalue weighted by Crippen LogP contribution is -2.07. The van der Waals surface area contributed by atoms with Gasteiger partial charge in [-0.15, -0.1) is 0 Å². The van der Waals surface area contributed by atoms with Gasteiger partial charge in [0.2, 0.25) is 5.88 Å². The summed E-state index contributed by atoms with van der Waals surface area (Å²) in [7, 11) is 0. The van der Waals surface area contributed by atoms with Gasteiger partial charge >= 0.3 is 0 Å². The normalized spacial score (nSPS) is 12.9. The average Bonchev–Trinajstić information content (AvgIpc) is 2.65. The van der Waals surface area contributed by atoms with Crippen molar-refractivity contribution in [1.82, 2.24) is 19.9 Å². The summed E-state index contributed by atoms with van der Waals surface area (Å²) in [6.45, 7) is 0.487. The molecule has 1 aliphatic rings. The standard InChI is InChI=1S/C8H6N4O/c1-2-10-8-7(9-1)6-5(3-13-8)11-4-12-6/h1-2,4H,3H2,(H,11,12). The molecule has 1 N–H and O–H groups in total. The van der Waals surface area contributed by atoms with E-state index in [0.29, 0.717) is 18.2 Å². The van der Waals surface area contributed by atoms with Crippen LogP contribution in [0.3, 0.4) is 0 Å². The van der Waals surface area contributed by atoms with Gasteiger partial charge in [0.1, 0.15) is 12.3 Å². The number of aromatic amines is 1. The van der Waals surface area contributed by atoms with Crippen LogP contribution in [-0.4, -0.2) is 19.9 Å². The maximum atomic E-state index is 5.36. The molecule has 0 saturated carbocycles. The molecule has 0 unspecified atom stereocenters. The van der Waals surface area contributed by atoms with Crippen LogP contribution in [0, 0.1) is 0 Å². The number of rotatable bonds is 0. The summed E-state index contributed by atoms with van der Waals surface area (Å²) in [5, 5.41) is 0. The third kappa shape index (κ3) is 0.837.